The van der Waals surface area contributed by atoms with Crippen molar-refractivity contribution >= 4 is 11.8 Å². The minimum Gasteiger partial charge on any atom is -0.489 e. The molecule has 1 fully saturated rings. The van der Waals surface area contributed by atoms with Crippen molar-refractivity contribution in [3.8, 4) is 5.75 Å². The maximum atomic E-state index is 5.78. The Morgan fingerprint density at radius 3 is 2.85 bits per heavy atom. The molecule has 0 aromatic carbocycles. The SMILES string of the molecule is CCNC(c1cncc(OC(C)C)c1)C1(C)CCCS1. The molecule has 2 rings (SSSR count). The quantitative estimate of drug-likeness (QED) is 0.865. The highest BCUT2D eigenvalue weighted by Crippen LogP contribution is 2.46. The highest BCUT2D eigenvalue weighted by atomic mass is 32.2. The third kappa shape index (κ3) is 3.67. The summed E-state index contributed by atoms with van der Waals surface area (Å²) in [5, 5.41) is 3.65. The first-order valence-corrected chi connectivity index (χ1v) is 8.52. The Morgan fingerprint density at radius 2 is 2.25 bits per heavy atom. The van der Waals surface area contributed by atoms with Gasteiger partial charge in [-0.3, -0.25) is 4.98 Å². The minimum absolute atomic E-state index is 0.182. The first-order chi connectivity index (χ1) is 9.55. The van der Waals surface area contributed by atoms with Gasteiger partial charge in [0, 0.05) is 17.0 Å². The number of pyridine rings is 1. The molecule has 1 saturated heterocycles. The summed E-state index contributed by atoms with van der Waals surface area (Å²) in [4.78, 5) is 4.37. The van der Waals surface area contributed by atoms with E-state index in [1.54, 1.807) is 6.20 Å². The first-order valence-electron chi connectivity index (χ1n) is 7.54. The standard InChI is InChI=1S/C16H26N2OS/c1-5-18-15(16(4)7-6-8-20-16)13-9-14(11-17-10-13)19-12(2)3/h9-12,15,18H,5-8H2,1-4H3. The van der Waals surface area contributed by atoms with E-state index in [0.717, 1.165) is 12.3 Å². The maximum absolute atomic E-state index is 5.78. The number of aromatic nitrogens is 1. The second-order valence-electron chi connectivity index (χ2n) is 5.88. The predicted octanol–water partition coefficient (Wildman–Crippen LogP) is 3.81. The van der Waals surface area contributed by atoms with Crippen molar-refractivity contribution in [3.05, 3.63) is 24.0 Å². The lowest BCUT2D eigenvalue weighted by atomic mass is 9.91. The normalized spacial score (nSPS) is 24.1. The van der Waals surface area contributed by atoms with Gasteiger partial charge in [0.2, 0.25) is 0 Å². The summed E-state index contributed by atoms with van der Waals surface area (Å²) >= 11 is 2.08. The molecule has 0 spiro atoms. The largest absolute Gasteiger partial charge is 0.489 e. The molecule has 0 amide bonds. The minimum atomic E-state index is 0.182. The Morgan fingerprint density at radius 1 is 1.45 bits per heavy atom. The summed E-state index contributed by atoms with van der Waals surface area (Å²) in [7, 11) is 0. The summed E-state index contributed by atoms with van der Waals surface area (Å²) in [5.74, 6) is 2.13. The molecule has 1 N–H and O–H groups in total. The van der Waals surface area contributed by atoms with Crippen molar-refractivity contribution in [1.29, 1.82) is 0 Å². The van der Waals surface area contributed by atoms with Crippen molar-refractivity contribution in [2.24, 2.45) is 0 Å². The van der Waals surface area contributed by atoms with Crippen LogP contribution in [0.4, 0.5) is 0 Å². The molecule has 4 heteroatoms. The molecule has 2 heterocycles. The average molecular weight is 294 g/mol. The van der Waals surface area contributed by atoms with E-state index in [9.17, 15) is 0 Å². The van der Waals surface area contributed by atoms with Gasteiger partial charge in [0.1, 0.15) is 5.75 Å². The van der Waals surface area contributed by atoms with E-state index in [1.807, 2.05) is 20.0 Å². The Kier molecular flexibility index (Phi) is 5.33. The van der Waals surface area contributed by atoms with E-state index in [4.69, 9.17) is 4.74 Å². The Bertz CT molecular complexity index is 430. The van der Waals surface area contributed by atoms with Crippen molar-refractivity contribution in [1.82, 2.24) is 10.3 Å². The van der Waals surface area contributed by atoms with Gasteiger partial charge in [-0.2, -0.15) is 11.8 Å². The summed E-state index contributed by atoms with van der Waals surface area (Å²) in [6.07, 6.45) is 6.52. The van der Waals surface area contributed by atoms with Crippen LogP contribution in [0, 0.1) is 0 Å². The van der Waals surface area contributed by atoms with Crippen molar-refractivity contribution in [3.63, 3.8) is 0 Å². The van der Waals surface area contributed by atoms with E-state index < -0.39 is 0 Å². The molecule has 3 nitrogen and oxygen atoms in total. The monoisotopic (exact) mass is 294 g/mol. The van der Waals surface area contributed by atoms with E-state index in [-0.39, 0.29) is 10.9 Å². The van der Waals surface area contributed by atoms with Crippen molar-refractivity contribution < 1.29 is 4.74 Å². The molecule has 1 aliphatic rings. The van der Waals surface area contributed by atoms with Gasteiger partial charge < -0.3 is 10.1 Å². The summed E-state index contributed by atoms with van der Waals surface area (Å²) in [6, 6.07) is 2.48. The third-order valence-electron chi connectivity index (χ3n) is 3.71. The number of nitrogens with one attached hydrogen (secondary N) is 1. The second kappa shape index (κ2) is 6.81. The molecule has 0 bridgehead atoms. The van der Waals surface area contributed by atoms with Crippen LogP contribution in [0.2, 0.25) is 0 Å². The third-order valence-corrected chi connectivity index (χ3v) is 5.30. The molecule has 2 atom stereocenters. The number of hydrogen-bond donors (Lipinski definition) is 1. The van der Waals surface area contributed by atoms with Crippen molar-refractivity contribution in [2.45, 2.75) is 57.4 Å². The Balaban J connectivity index is 2.24. The average Bonchev–Trinajstić information content (AvgIpc) is 2.83. The number of hydrogen-bond acceptors (Lipinski definition) is 4. The highest BCUT2D eigenvalue weighted by Gasteiger charge is 2.38. The number of rotatable bonds is 6. The second-order valence-corrected chi connectivity index (χ2v) is 7.51. The van der Waals surface area contributed by atoms with Gasteiger partial charge in [0.15, 0.2) is 0 Å². The molecule has 0 radical (unpaired) electrons. The van der Waals surface area contributed by atoms with Crippen LogP contribution >= 0.6 is 11.8 Å². The summed E-state index contributed by atoms with van der Waals surface area (Å²) < 4.78 is 6.04. The zero-order valence-corrected chi connectivity index (χ0v) is 13.8. The van der Waals surface area contributed by atoms with E-state index >= 15 is 0 Å². The summed E-state index contributed by atoms with van der Waals surface area (Å²) in [5.41, 5.74) is 1.24. The van der Waals surface area contributed by atoms with Gasteiger partial charge in [0.25, 0.3) is 0 Å². The van der Waals surface area contributed by atoms with Gasteiger partial charge in [-0.1, -0.05) is 6.92 Å². The van der Waals surface area contributed by atoms with Crippen LogP contribution in [0.3, 0.4) is 0 Å². The molecular weight excluding hydrogens is 268 g/mol. The zero-order valence-electron chi connectivity index (χ0n) is 13.0. The summed E-state index contributed by atoms with van der Waals surface area (Å²) in [6.45, 7) is 9.59. The van der Waals surface area contributed by atoms with E-state index in [2.05, 4.69) is 42.0 Å². The van der Waals surface area contributed by atoms with Crippen LogP contribution < -0.4 is 10.1 Å². The molecule has 112 valence electrons. The van der Waals surface area contributed by atoms with Gasteiger partial charge in [-0.25, -0.2) is 0 Å². The van der Waals surface area contributed by atoms with Crippen LogP contribution in [-0.4, -0.2) is 28.1 Å². The lowest BCUT2D eigenvalue weighted by Gasteiger charge is -2.34. The molecule has 1 aromatic heterocycles. The topological polar surface area (TPSA) is 34.2 Å². The fourth-order valence-corrected chi connectivity index (χ4v) is 4.28. The van der Waals surface area contributed by atoms with E-state index in [1.165, 1.54) is 24.2 Å². The zero-order chi connectivity index (χ0) is 14.6. The van der Waals surface area contributed by atoms with Gasteiger partial charge in [0.05, 0.1) is 12.3 Å². The first kappa shape index (κ1) is 15.6. The fourth-order valence-electron chi connectivity index (χ4n) is 2.85. The molecule has 0 aliphatic carbocycles. The molecule has 0 saturated carbocycles. The van der Waals surface area contributed by atoms with Crippen molar-refractivity contribution in [2.75, 3.05) is 12.3 Å². The molecular formula is C16H26N2OS. The fraction of sp³-hybridized carbons (Fsp3) is 0.688. The van der Waals surface area contributed by atoms with Gasteiger partial charge in [-0.15, -0.1) is 0 Å². The Labute approximate surface area is 126 Å². The Hall–Kier alpha value is -0.740. The van der Waals surface area contributed by atoms with Crippen LogP contribution in [0.15, 0.2) is 18.5 Å². The van der Waals surface area contributed by atoms with Crippen LogP contribution in [0.25, 0.3) is 0 Å². The molecule has 20 heavy (non-hydrogen) atoms. The number of thioether (sulfide) groups is 1. The molecule has 1 aliphatic heterocycles. The van der Waals surface area contributed by atoms with Crippen LogP contribution in [0.5, 0.6) is 5.75 Å². The lowest BCUT2D eigenvalue weighted by molar-refractivity contribution is 0.241. The van der Waals surface area contributed by atoms with Crippen LogP contribution in [-0.2, 0) is 0 Å². The van der Waals surface area contributed by atoms with Gasteiger partial charge in [-0.05, 0) is 57.5 Å². The van der Waals surface area contributed by atoms with Gasteiger partial charge >= 0.3 is 0 Å². The highest BCUT2D eigenvalue weighted by molar-refractivity contribution is 8.00. The number of nitrogens with zero attached hydrogens (tertiary/aromatic N) is 1. The molecule has 1 aromatic rings. The molecule has 2 unspecified atom stereocenters. The smallest absolute Gasteiger partial charge is 0.138 e. The number of ether oxygens (including phenoxy) is 1. The van der Waals surface area contributed by atoms with E-state index in [0.29, 0.717) is 6.04 Å². The van der Waals surface area contributed by atoms with Crippen LogP contribution in [0.1, 0.15) is 52.1 Å². The maximum Gasteiger partial charge on any atom is 0.138 e. The lowest BCUT2D eigenvalue weighted by Crippen LogP contribution is -2.37. The predicted molar refractivity (Wildman–Crippen MR) is 86.5 cm³/mol.